The van der Waals surface area contributed by atoms with Crippen LogP contribution in [0.15, 0.2) is 55.0 Å². The van der Waals surface area contributed by atoms with Crippen molar-refractivity contribution in [2.45, 2.75) is 32.2 Å². The Morgan fingerprint density at radius 2 is 1.93 bits per heavy atom. The first kappa shape index (κ1) is 16.9. The zero-order valence-electron chi connectivity index (χ0n) is 16.2. The van der Waals surface area contributed by atoms with Crippen molar-refractivity contribution in [2.24, 2.45) is 7.05 Å². The molecule has 2 aromatic carbocycles. The third-order valence-corrected chi connectivity index (χ3v) is 5.59. The van der Waals surface area contributed by atoms with Gasteiger partial charge in [0.05, 0.1) is 22.8 Å². The van der Waals surface area contributed by atoms with Crippen LogP contribution in [-0.4, -0.2) is 19.7 Å². The number of hydrogen-bond acceptors (Lipinski definition) is 4. The predicted octanol–water partition coefficient (Wildman–Crippen LogP) is 4.83. The standard InChI is InChI=1S/C23H23N5/c1-15-20(14-28(2)27-15)19-12-17(13-22-23(19)25-11-10-24-22)26-21-9-5-7-16-6-3-4-8-18(16)21/h3-4,6,8,10-14,21,26H,5,7,9H2,1-2H3/t21-/m1/s1. The highest BCUT2D eigenvalue weighted by molar-refractivity contribution is 5.94. The zero-order valence-corrected chi connectivity index (χ0v) is 16.2. The summed E-state index contributed by atoms with van der Waals surface area (Å²) in [6, 6.07) is 13.4. The number of nitrogens with zero attached hydrogens (tertiary/aromatic N) is 4. The van der Waals surface area contributed by atoms with Gasteiger partial charge in [-0.2, -0.15) is 5.10 Å². The molecule has 140 valence electrons. The van der Waals surface area contributed by atoms with E-state index in [1.165, 1.54) is 17.5 Å². The maximum atomic E-state index is 4.60. The number of nitrogens with one attached hydrogen (secondary N) is 1. The number of hydrogen-bond donors (Lipinski definition) is 1. The SMILES string of the molecule is Cc1nn(C)cc1-c1cc(N[C@@H]2CCCc3ccccc32)cc2nccnc12. The molecule has 0 aliphatic heterocycles. The molecule has 0 saturated carbocycles. The third-order valence-electron chi connectivity index (χ3n) is 5.59. The molecule has 0 radical (unpaired) electrons. The fraction of sp³-hybridized carbons (Fsp3) is 0.261. The van der Waals surface area contributed by atoms with E-state index in [1.807, 2.05) is 18.7 Å². The first-order chi connectivity index (χ1) is 13.7. The van der Waals surface area contributed by atoms with E-state index in [0.717, 1.165) is 46.4 Å². The van der Waals surface area contributed by atoms with E-state index in [9.17, 15) is 0 Å². The lowest BCUT2D eigenvalue weighted by Gasteiger charge is -2.27. The number of benzene rings is 2. The van der Waals surface area contributed by atoms with Crippen molar-refractivity contribution in [1.82, 2.24) is 19.7 Å². The van der Waals surface area contributed by atoms with Gasteiger partial charge in [0.1, 0.15) is 0 Å². The highest BCUT2D eigenvalue weighted by atomic mass is 15.2. The van der Waals surface area contributed by atoms with Gasteiger partial charge in [-0.3, -0.25) is 14.6 Å². The molecule has 1 atom stereocenters. The van der Waals surface area contributed by atoms with Crippen LogP contribution in [0.25, 0.3) is 22.2 Å². The van der Waals surface area contributed by atoms with Gasteiger partial charge in [-0.15, -0.1) is 0 Å². The first-order valence-corrected chi connectivity index (χ1v) is 9.79. The molecule has 2 heterocycles. The van der Waals surface area contributed by atoms with Crippen LogP contribution in [0.5, 0.6) is 0 Å². The van der Waals surface area contributed by atoms with Gasteiger partial charge in [-0.1, -0.05) is 24.3 Å². The minimum atomic E-state index is 0.321. The van der Waals surface area contributed by atoms with Crippen molar-refractivity contribution in [2.75, 3.05) is 5.32 Å². The smallest absolute Gasteiger partial charge is 0.0967 e. The van der Waals surface area contributed by atoms with Gasteiger partial charge < -0.3 is 5.32 Å². The number of anilines is 1. The Labute approximate surface area is 164 Å². The third kappa shape index (κ3) is 2.93. The van der Waals surface area contributed by atoms with E-state index < -0.39 is 0 Å². The number of aryl methyl sites for hydroxylation is 3. The molecule has 5 nitrogen and oxygen atoms in total. The van der Waals surface area contributed by atoms with Gasteiger partial charge in [0.15, 0.2) is 0 Å². The average molecular weight is 369 g/mol. The molecule has 5 heteroatoms. The van der Waals surface area contributed by atoms with Crippen LogP contribution >= 0.6 is 0 Å². The molecule has 1 aliphatic carbocycles. The maximum Gasteiger partial charge on any atom is 0.0967 e. The molecule has 1 N–H and O–H groups in total. The molecular weight excluding hydrogens is 346 g/mol. The summed E-state index contributed by atoms with van der Waals surface area (Å²) in [4.78, 5) is 9.18. The fourth-order valence-electron chi connectivity index (χ4n) is 4.33. The molecule has 0 amide bonds. The van der Waals surface area contributed by atoms with E-state index in [0.29, 0.717) is 6.04 Å². The first-order valence-electron chi connectivity index (χ1n) is 9.79. The molecule has 4 aromatic rings. The van der Waals surface area contributed by atoms with Crippen LogP contribution < -0.4 is 5.32 Å². The molecule has 28 heavy (non-hydrogen) atoms. The second kappa shape index (κ2) is 6.75. The van der Waals surface area contributed by atoms with E-state index in [-0.39, 0.29) is 0 Å². The summed E-state index contributed by atoms with van der Waals surface area (Å²) < 4.78 is 1.85. The molecule has 0 unspecified atom stereocenters. The molecule has 0 fully saturated rings. The summed E-state index contributed by atoms with van der Waals surface area (Å²) in [6.07, 6.45) is 9.06. The minimum absolute atomic E-state index is 0.321. The lowest BCUT2D eigenvalue weighted by atomic mass is 9.87. The van der Waals surface area contributed by atoms with Gasteiger partial charge in [-0.25, -0.2) is 0 Å². The summed E-state index contributed by atoms with van der Waals surface area (Å²) in [5.74, 6) is 0. The summed E-state index contributed by atoms with van der Waals surface area (Å²) in [6.45, 7) is 2.04. The largest absolute Gasteiger partial charge is 0.378 e. The zero-order chi connectivity index (χ0) is 19.1. The van der Waals surface area contributed by atoms with Crippen molar-refractivity contribution in [3.63, 3.8) is 0 Å². The quantitative estimate of drug-likeness (QED) is 0.562. The van der Waals surface area contributed by atoms with Crippen molar-refractivity contribution < 1.29 is 0 Å². The van der Waals surface area contributed by atoms with Crippen LogP contribution in [-0.2, 0) is 13.5 Å². The average Bonchev–Trinajstić information content (AvgIpc) is 3.05. The molecule has 0 spiro atoms. The lowest BCUT2D eigenvalue weighted by molar-refractivity contribution is 0.600. The normalized spacial score (nSPS) is 16.1. The Bertz CT molecular complexity index is 1160. The second-order valence-electron chi connectivity index (χ2n) is 7.54. The fourth-order valence-corrected chi connectivity index (χ4v) is 4.33. The maximum absolute atomic E-state index is 4.60. The van der Waals surface area contributed by atoms with Crippen LogP contribution in [0.1, 0.15) is 35.7 Å². The molecule has 1 aliphatic rings. The van der Waals surface area contributed by atoms with Crippen molar-refractivity contribution in [3.05, 3.63) is 71.8 Å². The Morgan fingerprint density at radius 1 is 1.07 bits per heavy atom. The van der Waals surface area contributed by atoms with E-state index in [1.54, 1.807) is 12.4 Å². The monoisotopic (exact) mass is 369 g/mol. The topological polar surface area (TPSA) is 55.6 Å². The summed E-state index contributed by atoms with van der Waals surface area (Å²) in [7, 11) is 1.95. The number of rotatable bonds is 3. The van der Waals surface area contributed by atoms with Gasteiger partial charge >= 0.3 is 0 Å². The van der Waals surface area contributed by atoms with Crippen molar-refractivity contribution in [1.29, 1.82) is 0 Å². The van der Waals surface area contributed by atoms with E-state index >= 15 is 0 Å². The van der Waals surface area contributed by atoms with Crippen LogP contribution in [0.3, 0.4) is 0 Å². The van der Waals surface area contributed by atoms with Crippen molar-refractivity contribution in [3.8, 4) is 11.1 Å². The molecule has 2 aromatic heterocycles. The van der Waals surface area contributed by atoms with Gasteiger partial charge in [0.2, 0.25) is 0 Å². The van der Waals surface area contributed by atoms with Crippen molar-refractivity contribution >= 4 is 16.7 Å². The second-order valence-corrected chi connectivity index (χ2v) is 7.54. The molecule has 0 saturated heterocycles. The highest BCUT2D eigenvalue weighted by Gasteiger charge is 2.20. The van der Waals surface area contributed by atoms with Gasteiger partial charge in [0.25, 0.3) is 0 Å². The van der Waals surface area contributed by atoms with E-state index in [4.69, 9.17) is 0 Å². The molecule has 5 rings (SSSR count). The Balaban J connectivity index is 1.61. The Morgan fingerprint density at radius 3 is 2.79 bits per heavy atom. The van der Waals surface area contributed by atoms with Crippen LogP contribution in [0, 0.1) is 6.92 Å². The van der Waals surface area contributed by atoms with E-state index in [2.05, 4.69) is 63.0 Å². The predicted molar refractivity (Wildman–Crippen MR) is 112 cm³/mol. The van der Waals surface area contributed by atoms with Crippen LogP contribution in [0.2, 0.25) is 0 Å². The van der Waals surface area contributed by atoms with Gasteiger partial charge in [-0.05, 0) is 49.4 Å². The number of aromatic nitrogens is 4. The molecule has 0 bridgehead atoms. The van der Waals surface area contributed by atoms with Crippen LogP contribution in [0.4, 0.5) is 5.69 Å². The Hall–Kier alpha value is -3.21. The lowest BCUT2D eigenvalue weighted by Crippen LogP contribution is -2.17. The minimum Gasteiger partial charge on any atom is -0.378 e. The molecular formula is C23H23N5. The summed E-state index contributed by atoms with van der Waals surface area (Å²) in [5.41, 5.74) is 8.91. The summed E-state index contributed by atoms with van der Waals surface area (Å²) in [5, 5.41) is 8.29. The highest BCUT2D eigenvalue weighted by Crippen LogP contribution is 2.36. The summed E-state index contributed by atoms with van der Waals surface area (Å²) >= 11 is 0. The Kier molecular flexibility index (Phi) is 4.08. The van der Waals surface area contributed by atoms with Gasteiger partial charge in [0, 0.05) is 42.5 Å². The number of fused-ring (bicyclic) bond motifs is 2.